The third-order valence-corrected chi connectivity index (χ3v) is 4.44. The van der Waals surface area contributed by atoms with Crippen LogP contribution in [0.2, 0.25) is 0 Å². The third-order valence-electron chi connectivity index (χ3n) is 3.77. The van der Waals surface area contributed by atoms with Crippen LogP contribution in [0.4, 0.5) is 5.69 Å². The highest BCUT2D eigenvalue weighted by Gasteiger charge is 2.16. The summed E-state index contributed by atoms with van der Waals surface area (Å²) in [4.78, 5) is 12.4. The summed E-state index contributed by atoms with van der Waals surface area (Å²) in [6, 6.07) is 15.6. The molecule has 0 aliphatic heterocycles. The number of carbonyl (C=O) groups is 1. The zero-order valence-electron chi connectivity index (χ0n) is 14.1. The van der Waals surface area contributed by atoms with Gasteiger partial charge in [0.05, 0.1) is 5.71 Å². The van der Waals surface area contributed by atoms with Gasteiger partial charge >= 0.3 is 0 Å². The number of anilines is 1. The SMILES string of the molecule is CC[C@H](Nc1ccc(I)cc1C)C(=O)NN=C(C)c1ccccc1. The van der Waals surface area contributed by atoms with Gasteiger partial charge in [0.2, 0.25) is 0 Å². The van der Waals surface area contributed by atoms with E-state index in [4.69, 9.17) is 0 Å². The maximum absolute atomic E-state index is 12.4. The normalized spacial score (nSPS) is 12.6. The van der Waals surface area contributed by atoms with Crippen LogP contribution in [-0.2, 0) is 4.79 Å². The van der Waals surface area contributed by atoms with Gasteiger partial charge in [-0.2, -0.15) is 5.10 Å². The predicted octanol–water partition coefficient (Wildman–Crippen LogP) is 4.33. The number of benzene rings is 2. The van der Waals surface area contributed by atoms with E-state index < -0.39 is 0 Å². The molecule has 24 heavy (non-hydrogen) atoms. The van der Waals surface area contributed by atoms with E-state index in [2.05, 4.69) is 44.5 Å². The minimum Gasteiger partial charge on any atom is -0.373 e. The monoisotopic (exact) mass is 435 g/mol. The molecule has 1 atom stereocenters. The average molecular weight is 435 g/mol. The summed E-state index contributed by atoms with van der Waals surface area (Å²) in [5.74, 6) is -0.134. The number of amides is 1. The number of halogens is 1. The second-order valence-corrected chi connectivity index (χ2v) is 6.85. The van der Waals surface area contributed by atoms with Crippen LogP contribution < -0.4 is 10.7 Å². The average Bonchev–Trinajstić information content (AvgIpc) is 2.59. The molecule has 0 fully saturated rings. The van der Waals surface area contributed by atoms with E-state index >= 15 is 0 Å². The van der Waals surface area contributed by atoms with Crippen LogP contribution in [-0.4, -0.2) is 17.7 Å². The van der Waals surface area contributed by atoms with Crippen LogP contribution in [0, 0.1) is 10.5 Å². The quantitative estimate of drug-likeness (QED) is 0.403. The molecule has 2 N–H and O–H groups in total. The standard InChI is InChI=1S/C19H22IN3O/c1-4-17(21-18-11-10-16(20)12-13(18)2)19(24)23-22-14(3)15-8-6-5-7-9-15/h5-12,17,21H,4H2,1-3H3,(H,23,24)/t17-/m0/s1. The van der Waals surface area contributed by atoms with Crippen molar-refractivity contribution in [3.05, 3.63) is 63.2 Å². The van der Waals surface area contributed by atoms with Crippen LogP contribution in [0.15, 0.2) is 53.6 Å². The molecule has 2 aromatic carbocycles. The Morgan fingerprint density at radius 2 is 1.92 bits per heavy atom. The molecule has 0 radical (unpaired) electrons. The van der Waals surface area contributed by atoms with E-state index in [0.717, 1.165) is 22.5 Å². The highest BCUT2D eigenvalue weighted by molar-refractivity contribution is 14.1. The second kappa shape index (κ2) is 8.82. The van der Waals surface area contributed by atoms with Gasteiger partial charge in [-0.05, 0) is 72.2 Å². The smallest absolute Gasteiger partial charge is 0.262 e. The third kappa shape index (κ3) is 5.06. The molecule has 0 aliphatic carbocycles. The van der Waals surface area contributed by atoms with Crippen molar-refractivity contribution in [1.82, 2.24) is 5.43 Å². The Bertz CT molecular complexity index is 729. The summed E-state index contributed by atoms with van der Waals surface area (Å²) in [5, 5.41) is 7.52. The Morgan fingerprint density at radius 1 is 1.21 bits per heavy atom. The van der Waals surface area contributed by atoms with E-state index in [-0.39, 0.29) is 11.9 Å². The number of nitrogens with one attached hydrogen (secondary N) is 2. The lowest BCUT2D eigenvalue weighted by Crippen LogP contribution is -2.37. The lowest BCUT2D eigenvalue weighted by Gasteiger charge is -2.18. The number of rotatable bonds is 6. The van der Waals surface area contributed by atoms with Crippen LogP contribution in [0.3, 0.4) is 0 Å². The second-order valence-electron chi connectivity index (χ2n) is 5.60. The summed E-state index contributed by atoms with van der Waals surface area (Å²) in [5.41, 5.74) is 6.54. The topological polar surface area (TPSA) is 53.5 Å². The molecule has 1 amide bonds. The molecule has 0 aromatic heterocycles. The minimum atomic E-state index is -0.323. The van der Waals surface area contributed by atoms with E-state index in [9.17, 15) is 4.79 Å². The van der Waals surface area contributed by atoms with Crippen molar-refractivity contribution in [3.63, 3.8) is 0 Å². The largest absolute Gasteiger partial charge is 0.373 e. The van der Waals surface area contributed by atoms with Crippen LogP contribution in [0.25, 0.3) is 0 Å². The Hall–Kier alpha value is -1.89. The molecule has 2 aromatic rings. The minimum absolute atomic E-state index is 0.134. The van der Waals surface area contributed by atoms with E-state index in [1.807, 2.05) is 63.2 Å². The number of aryl methyl sites for hydroxylation is 1. The zero-order valence-corrected chi connectivity index (χ0v) is 16.3. The number of carbonyl (C=O) groups excluding carboxylic acids is 1. The zero-order chi connectivity index (χ0) is 17.5. The Labute approximate surface area is 156 Å². The molecular formula is C19H22IN3O. The van der Waals surface area contributed by atoms with Gasteiger partial charge in [0.15, 0.2) is 0 Å². The Kier molecular flexibility index (Phi) is 6.78. The lowest BCUT2D eigenvalue weighted by atomic mass is 10.1. The van der Waals surface area contributed by atoms with E-state index in [0.29, 0.717) is 6.42 Å². The first-order valence-corrected chi connectivity index (χ1v) is 9.01. The summed E-state index contributed by atoms with van der Waals surface area (Å²) in [6.07, 6.45) is 0.678. The first kappa shape index (κ1) is 18.4. The fourth-order valence-electron chi connectivity index (χ4n) is 2.29. The molecule has 5 heteroatoms. The fourth-order valence-corrected chi connectivity index (χ4v) is 2.94. The van der Waals surface area contributed by atoms with Crippen LogP contribution >= 0.6 is 22.6 Å². The van der Waals surface area contributed by atoms with Crippen LogP contribution in [0.1, 0.15) is 31.4 Å². The van der Waals surface area contributed by atoms with Gasteiger partial charge in [0, 0.05) is 9.26 Å². The summed E-state index contributed by atoms with van der Waals surface area (Å²) in [6.45, 7) is 5.90. The molecule has 4 nitrogen and oxygen atoms in total. The van der Waals surface area contributed by atoms with Crippen molar-refractivity contribution in [2.24, 2.45) is 5.10 Å². The summed E-state index contributed by atoms with van der Waals surface area (Å²) in [7, 11) is 0. The Balaban J connectivity index is 2.03. The van der Waals surface area contributed by atoms with Crippen LogP contribution in [0.5, 0.6) is 0 Å². The summed E-state index contributed by atoms with van der Waals surface area (Å²) >= 11 is 2.28. The van der Waals surface area contributed by atoms with Crippen molar-refractivity contribution in [3.8, 4) is 0 Å². The molecule has 0 aliphatic rings. The van der Waals surface area contributed by atoms with Crippen molar-refractivity contribution in [2.45, 2.75) is 33.2 Å². The molecule has 0 heterocycles. The molecule has 0 saturated heterocycles. The van der Waals surface area contributed by atoms with Crippen molar-refractivity contribution in [2.75, 3.05) is 5.32 Å². The summed E-state index contributed by atoms with van der Waals surface area (Å²) < 4.78 is 1.18. The van der Waals surface area contributed by atoms with Gasteiger partial charge < -0.3 is 5.32 Å². The highest BCUT2D eigenvalue weighted by atomic mass is 127. The number of nitrogens with zero attached hydrogens (tertiary/aromatic N) is 1. The molecule has 0 spiro atoms. The van der Waals surface area contributed by atoms with Gasteiger partial charge in [-0.1, -0.05) is 37.3 Å². The predicted molar refractivity (Wildman–Crippen MR) is 108 cm³/mol. The van der Waals surface area contributed by atoms with Gasteiger partial charge in [-0.25, -0.2) is 5.43 Å². The number of hydrazone groups is 1. The molecule has 126 valence electrons. The van der Waals surface area contributed by atoms with Crippen molar-refractivity contribution in [1.29, 1.82) is 0 Å². The lowest BCUT2D eigenvalue weighted by molar-refractivity contribution is -0.121. The van der Waals surface area contributed by atoms with Gasteiger partial charge in [-0.15, -0.1) is 0 Å². The number of hydrogen-bond donors (Lipinski definition) is 2. The van der Waals surface area contributed by atoms with Crippen molar-refractivity contribution >= 4 is 39.9 Å². The maximum atomic E-state index is 12.4. The fraction of sp³-hybridized carbons (Fsp3) is 0.263. The van der Waals surface area contributed by atoms with Gasteiger partial charge in [0.1, 0.15) is 6.04 Å². The number of hydrogen-bond acceptors (Lipinski definition) is 3. The molecule has 0 unspecified atom stereocenters. The molecular weight excluding hydrogens is 413 g/mol. The first-order chi connectivity index (χ1) is 11.5. The Morgan fingerprint density at radius 3 is 2.54 bits per heavy atom. The van der Waals surface area contributed by atoms with Gasteiger partial charge in [-0.3, -0.25) is 4.79 Å². The first-order valence-electron chi connectivity index (χ1n) is 7.93. The van der Waals surface area contributed by atoms with Gasteiger partial charge in [0.25, 0.3) is 5.91 Å². The van der Waals surface area contributed by atoms with Crippen molar-refractivity contribution < 1.29 is 4.79 Å². The molecule has 0 saturated carbocycles. The maximum Gasteiger partial charge on any atom is 0.262 e. The van der Waals surface area contributed by atoms with E-state index in [1.165, 1.54) is 3.57 Å². The molecule has 0 bridgehead atoms. The highest BCUT2D eigenvalue weighted by Crippen LogP contribution is 2.19. The molecule has 2 rings (SSSR count). The van der Waals surface area contributed by atoms with E-state index in [1.54, 1.807) is 0 Å².